The molecule has 0 spiro atoms. The summed E-state index contributed by atoms with van der Waals surface area (Å²) in [4.78, 5) is 24.5. The molecule has 1 aromatic rings. The molecule has 0 saturated carbocycles. The summed E-state index contributed by atoms with van der Waals surface area (Å²) in [7, 11) is 0. The molecule has 1 aliphatic rings. The van der Waals surface area contributed by atoms with Crippen LogP contribution in [0.25, 0.3) is 0 Å². The van der Waals surface area contributed by atoms with Gasteiger partial charge in [0.15, 0.2) is 0 Å². The summed E-state index contributed by atoms with van der Waals surface area (Å²) >= 11 is 0. The minimum absolute atomic E-state index is 0.0143. The Hall–Kier alpha value is -2.04. The minimum atomic E-state index is -0.829. The third kappa shape index (κ3) is 2.54. The van der Waals surface area contributed by atoms with Crippen LogP contribution >= 0.6 is 0 Å². The van der Waals surface area contributed by atoms with Crippen molar-refractivity contribution in [3.05, 3.63) is 29.3 Å². The van der Waals surface area contributed by atoms with Crippen LogP contribution in [-0.4, -0.2) is 40.1 Å². The normalized spacial score (nSPS) is 16.8. The summed E-state index contributed by atoms with van der Waals surface area (Å²) in [5.41, 5.74) is 1.15. The molecule has 1 atom stereocenters. The fraction of sp³-hybridized carbons (Fsp3) is 0.429. The fourth-order valence-corrected chi connectivity index (χ4v) is 2.12. The number of rotatable bonds is 3. The zero-order chi connectivity index (χ0) is 14.2. The van der Waals surface area contributed by atoms with E-state index in [1.54, 1.807) is 30.9 Å². The number of hydrogen-bond acceptors (Lipinski definition) is 3. The maximum absolute atomic E-state index is 12.1. The Morgan fingerprint density at radius 2 is 2.00 bits per heavy atom. The second kappa shape index (κ2) is 4.91. The van der Waals surface area contributed by atoms with Crippen molar-refractivity contribution in [2.24, 2.45) is 11.8 Å². The summed E-state index contributed by atoms with van der Waals surface area (Å²) < 4.78 is 0. The van der Waals surface area contributed by atoms with Crippen molar-refractivity contribution in [1.82, 2.24) is 4.90 Å². The Balaban J connectivity index is 2.00. The first-order valence-electron chi connectivity index (χ1n) is 6.22. The number of benzene rings is 1. The summed E-state index contributed by atoms with van der Waals surface area (Å²) in [6, 6.07) is 4.82. The van der Waals surface area contributed by atoms with Crippen LogP contribution in [0, 0.1) is 18.8 Å². The lowest BCUT2D eigenvalue weighted by Crippen LogP contribution is -2.53. The molecule has 0 aliphatic carbocycles. The quantitative estimate of drug-likeness (QED) is 0.866. The fourth-order valence-electron chi connectivity index (χ4n) is 2.12. The summed E-state index contributed by atoms with van der Waals surface area (Å²) in [6.07, 6.45) is 0. The molecule has 102 valence electrons. The van der Waals surface area contributed by atoms with Gasteiger partial charge >= 0.3 is 5.97 Å². The highest BCUT2D eigenvalue weighted by atomic mass is 16.4. The van der Waals surface area contributed by atoms with Crippen LogP contribution < -0.4 is 0 Å². The van der Waals surface area contributed by atoms with Crippen LogP contribution in [0.3, 0.4) is 0 Å². The van der Waals surface area contributed by atoms with Crippen LogP contribution in [0.5, 0.6) is 5.75 Å². The SMILES string of the molecule is Cc1ccc(C(=O)N2CC(C(C)C(=O)O)C2)cc1O. The second-order valence-corrected chi connectivity index (χ2v) is 5.10. The number of phenols is 1. The first-order valence-corrected chi connectivity index (χ1v) is 6.22. The van der Waals surface area contributed by atoms with E-state index in [4.69, 9.17) is 5.11 Å². The van der Waals surface area contributed by atoms with Gasteiger partial charge in [-0.1, -0.05) is 13.0 Å². The molecular weight excluding hydrogens is 246 g/mol. The molecule has 1 fully saturated rings. The van der Waals surface area contributed by atoms with Gasteiger partial charge in [0.1, 0.15) is 5.75 Å². The Morgan fingerprint density at radius 3 is 2.53 bits per heavy atom. The standard InChI is InChI=1S/C14H17NO4/c1-8-3-4-10(5-12(8)16)13(17)15-6-11(7-15)9(2)14(18)19/h3-5,9,11,16H,6-7H2,1-2H3,(H,18,19). The van der Waals surface area contributed by atoms with E-state index in [-0.39, 0.29) is 17.6 Å². The predicted molar refractivity (Wildman–Crippen MR) is 69.0 cm³/mol. The van der Waals surface area contributed by atoms with Crippen LogP contribution in [0.4, 0.5) is 0 Å². The van der Waals surface area contributed by atoms with Gasteiger partial charge in [0.2, 0.25) is 0 Å². The number of likely N-dealkylation sites (tertiary alicyclic amines) is 1. The van der Waals surface area contributed by atoms with Crippen molar-refractivity contribution in [2.75, 3.05) is 13.1 Å². The van der Waals surface area contributed by atoms with Crippen molar-refractivity contribution in [2.45, 2.75) is 13.8 Å². The van der Waals surface area contributed by atoms with Crippen molar-refractivity contribution in [1.29, 1.82) is 0 Å². The largest absolute Gasteiger partial charge is 0.508 e. The molecule has 1 unspecified atom stereocenters. The van der Waals surface area contributed by atoms with Gasteiger partial charge < -0.3 is 15.1 Å². The smallest absolute Gasteiger partial charge is 0.306 e. The molecule has 0 aromatic heterocycles. The summed E-state index contributed by atoms with van der Waals surface area (Å²) in [5, 5.41) is 18.5. The van der Waals surface area contributed by atoms with Gasteiger partial charge in [-0.05, 0) is 24.6 Å². The number of carbonyl (C=O) groups is 2. The first-order chi connectivity index (χ1) is 8.90. The molecule has 0 bridgehead atoms. The molecule has 1 amide bonds. The van der Waals surface area contributed by atoms with E-state index in [1.807, 2.05) is 0 Å². The zero-order valence-corrected chi connectivity index (χ0v) is 11.0. The number of hydrogen-bond donors (Lipinski definition) is 2. The topological polar surface area (TPSA) is 77.8 Å². The maximum atomic E-state index is 12.1. The summed E-state index contributed by atoms with van der Waals surface area (Å²) in [6.45, 7) is 4.34. The number of carboxylic acid groups (broad SMARTS) is 1. The average molecular weight is 263 g/mol. The highest BCUT2D eigenvalue weighted by Gasteiger charge is 2.37. The highest BCUT2D eigenvalue weighted by molar-refractivity contribution is 5.95. The van der Waals surface area contributed by atoms with Crippen molar-refractivity contribution in [3.8, 4) is 5.75 Å². The Morgan fingerprint density at radius 1 is 1.37 bits per heavy atom. The van der Waals surface area contributed by atoms with Gasteiger partial charge in [-0.25, -0.2) is 0 Å². The lowest BCUT2D eigenvalue weighted by atomic mass is 9.86. The number of carboxylic acids is 1. The molecule has 5 heteroatoms. The lowest BCUT2D eigenvalue weighted by Gasteiger charge is -2.41. The Bertz CT molecular complexity index is 520. The molecule has 1 saturated heterocycles. The van der Waals surface area contributed by atoms with Crippen molar-refractivity contribution >= 4 is 11.9 Å². The van der Waals surface area contributed by atoms with E-state index in [9.17, 15) is 14.7 Å². The number of phenolic OH excluding ortho intramolecular Hbond substituents is 1. The van der Waals surface area contributed by atoms with Gasteiger partial charge in [-0.3, -0.25) is 9.59 Å². The van der Waals surface area contributed by atoms with Gasteiger partial charge in [0, 0.05) is 24.6 Å². The number of aryl methyl sites for hydroxylation is 1. The molecule has 1 aliphatic heterocycles. The minimum Gasteiger partial charge on any atom is -0.508 e. The van der Waals surface area contributed by atoms with Crippen LogP contribution in [0.1, 0.15) is 22.8 Å². The monoisotopic (exact) mass is 263 g/mol. The first kappa shape index (κ1) is 13.4. The molecule has 19 heavy (non-hydrogen) atoms. The molecule has 5 nitrogen and oxygen atoms in total. The van der Waals surface area contributed by atoms with Crippen LogP contribution in [-0.2, 0) is 4.79 Å². The van der Waals surface area contributed by atoms with Crippen molar-refractivity contribution < 1.29 is 19.8 Å². The molecular formula is C14H17NO4. The molecule has 2 N–H and O–H groups in total. The van der Waals surface area contributed by atoms with Crippen LogP contribution in [0.15, 0.2) is 18.2 Å². The summed E-state index contributed by atoms with van der Waals surface area (Å²) in [5.74, 6) is -1.31. The van der Waals surface area contributed by atoms with E-state index in [1.165, 1.54) is 6.07 Å². The third-order valence-corrected chi connectivity index (χ3v) is 3.75. The second-order valence-electron chi connectivity index (χ2n) is 5.10. The molecule has 1 aromatic carbocycles. The van der Waals surface area contributed by atoms with Gasteiger partial charge in [-0.15, -0.1) is 0 Å². The zero-order valence-electron chi connectivity index (χ0n) is 11.0. The van der Waals surface area contributed by atoms with Gasteiger partial charge in [0.25, 0.3) is 5.91 Å². The number of nitrogens with zero attached hydrogens (tertiary/aromatic N) is 1. The average Bonchev–Trinajstić information content (AvgIpc) is 2.30. The van der Waals surface area contributed by atoms with E-state index in [2.05, 4.69) is 0 Å². The number of carbonyl (C=O) groups excluding carboxylic acids is 1. The molecule has 1 heterocycles. The number of aromatic hydroxyl groups is 1. The van der Waals surface area contributed by atoms with Crippen molar-refractivity contribution in [3.63, 3.8) is 0 Å². The third-order valence-electron chi connectivity index (χ3n) is 3.75. The predicted octanol–water partition coefficient (Wildman–Crippen LogP) is 1.49. The van der Waals surface area contributed by atoms with Crippen LogP contribution in [0.2, 0.25) is 0 Å². The Kier molecular flexibility index (Phi) is 3.46. The van der Waals surface area contributed by atoms with Gasteiger partial charge in [-0.2, -0.15) is 0 Å². The van der Waals surface area contributed by atoms with Gasteiger partial charge in [0.05, 0.1) is 5.92 Å². The van der Waals surface area contributed by atoms with E-state index in [0.717, 1.165) is 5.56 Å². The maximum Gasteiger partial charge on any atom is 0.306 e. The van der Waals surface area contributed by atoms with E-state index >= 15 is 0 Å². The highest BCUT2D eigenvalue weighted by Crippen LogP contribution is 2.27. The van der Waals surface area contributed by atoms with E-state index < -0.39 is 11.9 Å². The lowest BCUT2D eigenvalue weighted by molar-refractivity contribution is -0.144. The molecule has 0 radical (unpaired) electrons. The Labute approximate surface area is 111 Å². The molecule has 2 rings (SSSR count). The number of aliphatic carboxylic acids is 1. The number of amides is 1. The van der Waals surface area contributed by atoms with E-state index in [0.29, 0.717) is 18.7 Å².